The average molecular weight is 342 g/mol. The van der Waals surface area contributed by atoms with Gasteiger partial charge in [-0.2, -0.15) is 4.98 Å². The molecule has 134 valence electrons. The van der Waals surface area contributed by atoms with E-state index in [9.17, 15) is 0 Å². The van der Waals surface area contributed by atoms with Gasteiger partial charge >= 0.3 is 0 Å². The molecule has 1 saturated heterocycles. The van der Waals surface area contributed by atoms with Crippen LogP contribution >= 0.6 is 0 Å². The SMILES string of the molecule is CCC1CCCCN1c1ccnc(Nc2ccc(OC)cc2OC)n1. The first kappa shape index (κ1) is 17.3. The molecule has 1 aromatic carbocycles. The summed E-state index contributed by atoms with van der Waals surface area (Å²) in [6, 6.07) is 8.18. The molecule has 0 spiro atoms. The van der Waals surface area contributed by atoms with Crippen LogP contribution in [0.15, 0.2) is 30.5 Å². The van der Waals surface area contributed by atoms with Gasteiger partial charge in [-0.05, 0) is 43.9 Å². The van der Waals surface area contributed by atoms with Gasteiger partial charge in [-0.1, -0.05) is 6.92 Å². The number of anilines is 3. The van der Waals surface area contributed by atoms with Crippen molar-refractivity contribution >= 4 is 17.5 Å². The number of benzene rings is 1. The minimum atomic E-state index is 0.562. The lowest BCUT2D eigenvalue weighted by molar-refractivity contribution is 0.395. The first-order chi connectivity index (χ1) is 12.2. The highest BCUT2D eigenvalue weighted by Gasteiger charge is 2.22. The normalized spacial score (nSPS) is 17.2. The number of piperidine rings is 1. The number of hydrogen-bond donors (Lipinski definition) is 1. The van der Waals surface area contributed by atoms with Gasteiger partial charge in [0.1, 0.15) is 17.3 Å². The van der Waals surface area contributed by atoms with Crippen LogP contribution in [0.5, 0.6) is 11.5 Å². The van der Waals surface area contributed by atoms with Crippen molar-refractivity contribution in [1.29, 1.82) is 0 Å². The van der Waals surface area contributed by atoms with Crippen LogP contribution in [-0.4, -0.2) is 36.8 Å². The molecule has 0 radical (unpaired) electrons. The molecule has 1 aliphatic heterocycles. The van der Waals surface area contributed by atoms with Gasteiger partial charge in [0.25, 0.3) is 0 Å². The van der Waals surface area contributed by atoms with Gasteiger partial charge < -0.3 is 19.7 Å². The van der Waals surface area contributed by atoms with Gasteiger partial charge in [-0.15, -0.1) is 0 Å². The zero-order valence-corrected chi connectivity index (χ0v) is 15.2. The van der Waals surface area contributed by atoms with E-state index in [1.54, 1.807) is 14.2 Å². The summed E-state index contributed by atoms with van der Waals surface area (Å²) in [6.45, 7) is 3.30. The van der Waals surface area contributed by atoms with Crippen molar-refractivity contribution in [2.75, 3.05) is 31.0 Å². The molecular weight excluding hydrogens is 316 g/mol. The summed E-state index contributed by atoms with van der Waals surface area (Å²) in [6.07, 6.45) is 6.69. The van der Waals surface area contributed by atoms with Crippen LogP contribution in [0.25, 0.3) is 0 Å². The van der Waals surface area contributed by atoms with E-state index < -0.39 is 0 Å². The summed E-state index contributed by atoms with van der Waals surface area (Å²) in [4.78, 5) is 11.5. The standard InChI is InChI=1S/C19H26N4O2/c1-4-14-7-5-6-12-23(14)18-10-11-20-19(22-18)21-16-9-8-15(24-2)13-17(16)25-3/h8-11,13-14H,4-7,12H2,1-3H3,(H,20,21,22). The highest BCUT2D eigenvalue weighted by atomic mass is 16.5. The smallest absolute Gasteiger partial charge is 0.229 e. The van der Waals surface area contributed by atoms with E-state index >= 15 is 0 Å². The lowest BCUT2D eigenvalue weighted by Gasteiger charge is -2.36. The molecule has 1 atom stereocenters. The van der Waals surface area contributed by atoms with Crippen molar-refractivity contribution in [3.05, 3.63) is 30.5 Å². The number of nitrogens with one attached hydrogen (secondary N) is 1. The molecule has 2 aromatic rings. The summed E-state index contributed by atoms with van der Waals surface area (Å²) in [5.41, 5.74) is 0.811. The fourth-order valence-corrected chi connectivity index (χ4v) is 3.32. The Hall–Kier alpha value is -2.50. The Morgan fingerprint density at radius 3 is 2.84 bits per heavy atom. The quantitative estimate of drug-likeness (QED) is 0.856. The molecule has 6 nitrogen and oxygen atoms in total. The van der Waals surface area contributed by atoms with Crippen molar-refractivity contribution < 1.29 is 9.47 Å². The van der Waals surface area contributed by atoms with Crippen LogP contribution in [0.4, 0.5) is 17.5 Å². The molecule has 25 heavy (non-hydrogen) atoms. The lowest BCUT2D eigenvalue weighted by Crippen LogP contribution is -2.39. The average Bonchev–Trinajstić information content (AvgIpc) is 2.68. The van der Waals surface area contributed by atoms with E-state index in [2.05, 4.69) is 22.1 Å². The predicted molar refractivity (Wildman–Crippen MR) is 100 cm³/mol. The van der Waals surface area contributed by atoms with Gasteiger partial charge in [0.2, 0.25) is 5.95 Å². The van der Waals surface area contributed by atoms with E-state index in [-0.39, 0.29) is 0 Å². The predicted octanol–water partition coefficient (Wildman–Crippen LogP) is 4.01. The second-order valence-corrected chi connectivity index (χ2v) is 6.18. The molecule has 6 heteroatoms. The summed E-state index contributed by atoms with van der Waals surface area (Å²) in [5, 5.41) is 3.26. The van der Waals surface area contributed by atoms with Gasteiger partial charge in [0.15, 0.2) is 0 Å². The largest absolute Gasteiger partial charge is 0.497 e. The van der Waals surface area contributed by atoms with E-state index in [0.717, 1.165) is 30.2 Å². The van der Waals surface area contributed by atoms with Gasteiger partial charge in [0.05, 0.1) is 19.9 Å². The summed E-state index contributed by atoms with van der Waals surface area (Å²) in [7, 11) is 3.27. The van der Waals surface area contributed by atoms with Crippen LogP contribution in [0.2, 0.25) is 0 Å². The molecule has 1 fully saturated rings. The van der Waals surface area contributed by atoms with Crippen molar-refractivity contribution in [2.45, 2.75) is 38.6 Å². The van der Waals surface area contributed by atoms with Crippen molar-refractivity contribution in [3.8, 4) is 11.5 Å². The summed E-state index contributed by atoms with van der Waals surface area (Å²) in [5.74, 6) is 2.99. The van der Waals surface area contributed by atoms with Gasteiger partial charge in [0, 0.05) is 24.8 Å². The Morgan fingerprint density at radius 2 is 2.08 bits per heavy atom. The zero-order valence-electron chi connectivity index (χ0n) is 15.2. The number of nitrogens with zero attached hydrogens (tertiary/aromatic N) is 3. The van der Waals surface area contributed by atoms with E-state index in [0.29, 0.717) is 17.7 Å². The third-order valence-corrected chi connectivity index (χ3v) is 4.69. The molecular formula is C19H26N4O2. The number of methoxy groups -OCH3 is 2. The molecule has 1 unspecified atom stereocenters. The summed E-state index contributed by atoms with van der Waals surface area (Å²) >= 11 is 0. The highest BCUT2D eigenvalue weighted by Crippen LogP contribution is 2.31. The van der Waals surface area contributed by atoms with E-state index in [4.69, 9.17) is 14.5 Å². The van der Waals surface area contributed by atoms with Gasteiger partial charge in [-0.25, -0.2) is 4.98 Å². The monoisotopic (exact) mass is 342 g/mol. The Labute approximate surface area is 149 Å². The number of hydrogen-bond acceptors (Lipinski definition) is 6. The van der Waals surface area contributed by atoms with E-state index in [1.165, 1.54) is 19.3 Å². The first-order valence-corrected chi connectivity index (χ1v) is 8.84. The highest BCUT2D eigenvalue weighted by molar-refractivity contribution is 5.65. The number of ether oxygens (including phenoxy) is 2. The molecule has 2 heterocycles. The minimum absolute atomic E-state index is 0.562. The lowest BCUT2D eigenvalue weighted by atomic mass is 10.0. The fourth-order valence-electron chi connectivity index (χ4n) is 3.32. The first-order valence-electron chi connectivity index (χ1n) is 8.84. The second kappa shape index (κ2) is 8.05. The van der Waals surface area contributed by atoms with Crippen molar-refractivity contribution in [3.63, 3.8) is 0 Å². The topological polar surface area (TPSA) is 59.5 Å². The van der Waals surface area contributed by atoms with Crippen molar-refractivity contribution in [2.24, 2.45) is 0 Å². The minimum Gasteiger partial charge on any atom is -0.497 e. The molecule has 0 saturated carbocycles. The van der Waals surface area contributed by atoms with Gasteiger partial charge in [-0.3, -0.25) is 0 Å². The zero-order chi connectivity index (χ0) is 17.6. The molecule has 0 bridgehead atoms. The van der Waals surface area contributed by atoms with Crippen LogP contribution < -0.4 is 19.7 Å². The third kappa shape index (κ3) is 3.95. The second-order valence-electron chi connectivity index (χ2n) is 6.18. The Morgan fingerprint density at radius 1 is 1.20 bits per heavy atom. The van der Waals surface area contributed by atoms with Crippen LogP contribution in [0, 0.1) is 0 Å². The van der Waals surface area contributed by atoms with E-state index in [1.807, 2.05) is 30.5 Å². The summed E-state index contributed by atoms with van der Waals surface area (Å²) < 4.78 is 10.7. The number of aromatic nitrogens is 2. The van der Waals surface area contributed by atoms with Crippen LogP contribution in [0.3, 0.4) is 0 Å². The molecule has 1 aliphatic rings. The molecule has 1 aromatic heterocycles. The third-order valence-electron chi connectivity index (χ3n) is 4.69. The Kier molecular flexibility index (Phi) is 5.58. The maximum Gasteiger partial charge on any atom is 0.229 e. The number of rotatable bonds is 6. The Balaban J connectivity index is 1.82. The Bertz CT molecular complexity index is 708. The maximum atomic E-state index is 5.43. The molecule has 0 aliphatic carbocycles. The molecule has 3 rings (SSSR count). The van der Waals surface area contributed by atoms with Crippen LogP contribution in [-0.2, 0) is 0 Å². The maximum absolute atomic E-state index is 5.43. The molecule has 1 N–H and O–H groups in total. The fraction of sp³-hybridized carbons (Fsp3) is 0.474. The van der Waals surface area contributed by atoms with Crippen LogP contribution in [0.1, 0.15) is 32.6 Å². The van der Waals surface area contributed by atoms with Crippen molar-refractivity contribution in [1.82, 2.24) is 9.97 Å². The molecule has 0 amide bonds.